The molecule has 0 aliphatic heterocycles. The van der Waals surface area contributed by atoms with Gasteiger partial charge in [0.2, 0.25) is 0 Å². The average Bonchev–Trinajstić information content (AvgIpc) is 3.75. The van der Waals surface area contributed by atoms with E-state index in [1.165, 1.54) is 33.2 Å². The third kappa shape index (κ3) is 5.10. The van der Waals surface area contributed by atoms with Crippen molar-refractivity contribution in [2.75, 3.05) is 0 Å². The summed E-state index contributed by atoms with van der Waals surface area (Å²) in [7, 11) is 0. The maximum Gasteiger partial charge on any atom is 0.164 e. The van der Waals surface area contributed by atoms with Crippen LogP contribution in [0, 0.1) is 0 Å². The van der Waals surface area contributed by atoms with E-state index in [0.29, 0.717) is 17.5 Å². The van der Waals surface area contributed by atoms with Crippen LogP contribution >= 0.6 is 0 Å². The summed E-state index contributed by atoms with van der Waals surface area (Å²) in [5.74, 6) is 1.82. The summed E-state index contributed by atoms with van der Waals surface area (Å²) in [6.45, 7) is 4.65. The van der Waals surface area contributed by atoms with Crippen molar-refractivity contribution in [1.82, 2.24) is 15.0 Å². The molecule has 1 aliphatic carbocycles. The lowest BCUT2D eigenvalue weighted by Gasteiger charge is -2.21. The average molecular weight is 718 g/mol. The molecule has 10 aromatic rings. The third-order valence-electron chi connectivity index (χ3n) is 11.5. The van der Waals surface area contributed by atoms with E-state index < -0.39 is 0 Å². The normalized spacial score (nSPS) is 13.0. The quantitative estimate of drug-likeness (QED) is 0.178. The molecule has 56 heavy (non-hydrogen) atoms. The molecule has 264 valence electrons. The smallest absolute Gasteiger partial charge is 0.164 e. The van der Waals surface area contributed by atoms with Crippen molar-refractivity contribution in [3.8, 4) is 67.5 Å². The van der Waals surface area contributed by atoms with Gasteiger partial charge in [0.15, 0.2) is 17.5 Å². The first-order valence-electron chi connectivity index (χ1n) is 19.1. The molecule has 4 nitrogen and oxygen atoms in total. The summed E-state index contributed by atoms with van der Waals surface area (Å²) >= 11 is 0. The van der Waals surface area contributed by atoms with E-state index >= 15 is 0 Å². The second-order valence-corrected chi connectivity index (χ2v) is 15.2. The molecule has 0 radical (unpaired) electrons. The fraction of sp³-hybridized carbons (Fsp3) is 0.0577. The summed E-state index contributed by atoms with van der Waals surface area (Å²) in [5.41, 5.74) is 14.2. The Bertz CT molecular complexity index is 3180. The van der Waals surface area contributed by atoms with Crippen LogP contribution in [0.2, 0.25) is 0 Å². The fourth-order valence-corrected chi connectivity index (χ4v) is 8.74. The molecule has 0 N–H and O–H groups in total. The Hall–Kier alpha value is -7.17. The van der Waals surface area contributed by atoms with Gasteiger partial charge in [-0.2, -0.15) is 0 Å². The zero-order valence-corrected chi connectivity index (χ0v) is 31.0. The molecule has 0 spiro atoms. The van der Waals surface area contributed by atoms with Gasteiger partial charge in [-0.1, -0.05) is 159 Å². The van der Waals surface area contributed by atoms with Crippen LogP contribution < -0.4 is 0 Å². The number of hydrogen-bond donors (Lipinski definition) is 0. The number of aromatic nitrogens is 3. The highest BCUT2D eigenvalue weighted by Gasteiger charge is 2.36. The standard InChI is InChI=1S/C52H35N3O/c1-52(2)43-22-9-8-19-41(43)47-40(20-11-23-44(47)52)35-17-10-18-36(30-35)49-53-50(37-26-25-32-13-6-7-16-34(32)29-37)55-51(54-49)38-27-28-42-46(31-38)56-45-24-12-21-39(48(42)45)33-14-4-3-5-15-33/h3-31H,1-2H3. The van der Waals surface area contributed by atoms with Crippen LogP contribution in [-0.4, -0.2) is 15.0 Å². The van der Waals surface area contributed by atoms with E-state index in [1.807, 2.05) is 12.1 Å². The van der Waals surface area contributed by atoms with Crippen molar-refractivity contribution in [2.24, 2.45) is 0 Å². The number of fused-ring (bicyclic) bond motifs is 7. The Labute approximate surface area is 324 Å². The number of benzene rings is 8. The maximum absolute atomic E-state index is 6.52. The second-order valence-electron chi connectivity index (χ2n) is 15.2. The van der Waals surface area contributed by atoms with Gasteiger partial charge in [0.1, 0.15) is 11.2 Å². The topological polar surface area (TPSA) is 51.8 Å². The molecular formula is C52H35N3O. The second kappa shape index (κ2) is 12.4. The van der Waals surface area contributed by atoms with Crippen LogP contribution in [0.3, 0.4) is 0 Å². The van der Waals surface area contributed by atoms with E-state index in [1.54, 1.807) is 0 Å². The highest BCUT2D eigenvalue weighted by atomic mass is 16.3. The minimum Gasteiger partial charge on any atom is -0.456 e. The lowest BCUT2D eigenvalue weighted by atomic mass is 9.82. The molecule has 2 aromatic heterocycles. The first-order valence-corrected chi connectivity index (χ1v) is 19.1. The Morgan fingerprint density at radius 2 is 0.982 bits per heavy atom. The van der Waals surface area contributed by atoms with Gasteiger partial charge in [-0.05, 0) is 85.6 Å². The van der Waals surface area contributed by atoms with Crippen LogP contribution in [0.5, 0.6) is 0 Å². The predicted octanol–water partition coefficient (Wildman–Crippen LogP) is 13.6. The molecule has 4 heteroatoms. The summed E-state index contributed by atoms with van der Waals surface area (Å²) in [6, 6.07) is 61.9. The molecule has 2 heterocycles. The van der Waals surface area contributed by atoms with Crippen molar-refractivity contribution in [3.63, 3.8) is 0 Å². The van der Waals surface area contributed by atoms with Crippen LogP contribution in [-0.2, 0) is 5.41 Å². The molecule has 0 unspecified atom stereocenters. The van der Waals surface area contributed by atoms with Gasteiger partial charge in [-0.3, -0.25) is 0 Å². The van der Waals surface area contributed by atoms with Crippen molar-refractivity contribution >= 4 is 32.7 Å². The van der Waals surface area contributed by atoms with E-state index in [-0.39, 0.29) is 5.41 Å². The predicted molar refractivity (Wildman–Crippen MR) is 229 cm³/mol. The lowest BCUT2D eigenvalue weighted by Crippen LogP contribution is -2.14. The lowest BCUT2D eigenvalue weighted by molar-refractivity contribution is 0.660. The molecule has 0 atom stereocenters. The molecular weight excluding hydrogens is 683 g/mol. The Morgan fingerprint density at radius 3 is 1.82 bits per heavy atom. The first-order chi connectivity index (χ1) is 27.5. The van der Waals surface area contributed by atoms with E-state index in [0.717, 1.165) is 60.7 Å². The minimum atomic E-state index is -0.0819. The van der Waals surface area contributed by atoms with Gasteiger partial charge in [-0.15, -0.1) is 0 Å². The van der Waals surface area contributed by atoms with Gasteiger partial charge in [0.25, 0.3) is 0 Å². The highest BCUT2D eigenvalue weighted by Crippen LogP contribution is 2.52. The van der Waals surface area contributed by atoms with Crippen molar-refractivity contribution in [3.05, 3.63) is 187 Å². The summed E-state index contributed by atoms with van der Waals surface area (Å²) in [6.07, 6.45) is 0. The zero-order valence-electron chi connectivity index (χ0n) is 31.0. The highest BCUT2D eigenvalue weighted by molar-refractivity contribution is 6.13. The minimum absolute atomic E-state index is 0.0819. The van der Waals surface area contributed by atoms with Gasteiger partial charge in [-0.25, -0.2) is 15.0 Å². The van der Waals surface area contributed by atoms with Gasteiger partial charge >= 0.3 is 0 Å². The zero-order chi connectivity index (χ0) is 37.4. The molecule has 0 saturated heterocycles. The van der Waals surface area contributed by atoms with Crippen molar-refractivity contribution in [1.29, 1.82) is 0 Å². The molecule has 0 fully saturated rings. The first kappa shape index (κ1) is 32.3. The number of nitrogens with zero attached hydrogens (tertiary/aromatic N) is 3. The largest absolute Gasteiger partial charge is 0.456 e. The van der Waals surface area contributed by atoms with Gasteiger partial charge in [0, 0.05) is 32.9 Å². The van der Waals surface area contributed by atoms with E-state index in [9.17, 15) is 0 Å². The molecule has 0 bridgehead atoms. The number of hydrogen-bond acceptors (Lipinski definition) is 4. The molecule has 8 aromatic carbocycles. The van der Waals surface area contributed by atoms with Crippen LogP contribution in [0.4, 0.5) is 0 Å². The van der Waals surface area contributed by atoms with E-state index in [2.05, 4.69) is 178 Å². The molecule has 0 amide bonds. The number of furan rings is 1. The van der Waals surface area contributed by atoms with Crippen LogP contribution in [0.25, 0.3) is 100 Å². The number of rotatable bonds is 5. The van der Waals surface area contributed by atoms with Crippen molar-refractivity contribution < 1.29 is 4.42 Å². The van der Waals surface area contributed by atoms with Gasteiger partial charge in [0.05, 0.1) is 0 Å². The summed E-state index contributed by atoms with van der Waals surface area (Å²) in [4.78, 5) is 15.5. The van der Waals surface area contributed by atoms with Gasteiger partial charge < -0.3 is 4.42 Å². The van der Waals surface area contributed by atoms with Crippen LogP contribution in [0.15, 0.2) is 180 Å². The molecule has 11 rings (SSSR count). The SMILES string of the molecule is CC1(C)c2ccccc2-c2c(-c3cccc(-c4nc(-c5ccc6ccccc6c5)nc(-c5ccc6c(c5)oc5cccc(-c7ccccc7)c56)n4)c3)cccc21. The van der Waals surface area contributed by atoms with Crippen molar-refractivity contribution in [2.45, 2.75) is 19.3 Å². The molecule has 1 aliphatic rings. The monoisotopic (exact) mass is 717 g/mol. The third-order valence-corrected chi connectivity index (χ3v) is 11.5. The Balaban J connectivity index is 1.08. The summed E-state index contributed by atoms with van der Waals surface area (Å²) in [5, 5.41) is 4.46. The summed E-state index contributed by atoms with van der Waals surface area (Å²) < 4.78 is 6.52. The Morgan fingerprint density at radius 1 is 0.393 bits per heavy atom. The fourth-order valence-electron chi connectivity index (χ4n) is 8.74. The molecule has 0 saturated carbocycles. The maximum atomic E-state index is 6.52. The van der Waals surface area contributed by atoms with Crippen LogP contribution in [0.1, 0.15) is 25.0 Å². The Kier molecular flexibility index (Phi) is 7.17. The van der Waals surface area contributed by atoms with E-state index in [4.69, 9.17) is 19.4 Å².